The van der Waals surface area contributed by atoms with Gasteiger partial charge in [0.2, 0.25) is 11.7 Å². The van der Waals surface area contributed by atoms with Crippen LogP contribution in [0.2, 0.25) is 0 Å². The number of phenols is 1. The molecule has 0 spiro atoms. The van der Waals surface area contributed by atoms with Crippen LogP contribution in [0, 0.1) is 5.92 Å². The fourth-order valence-electron chi connectivity index (χ4n) is 2.29. The standard InChI is InChI=1S/C13H15N3O2/c1-8-6-14-7-11(8)13-15-12(16-18-13)9-3-2-4-10(17)5-9/h2-5,8,11,14,17H,6-7H2,1H3/t8-,11-/m1/s1. The number of benzene rings is 1. The molecule has 0 saturated carbocycles. The van der Waals surface area contributed by atoms with E-state index in [9.17, 15) is 5.11 Å². The third-order valence-corrected chi connectivity index (χ3v) is 3.38. The van der Waals surface area contributed by atoms with Gasteiger partial charge in [-0.25, -0.2) is 0 Å². The fraction of sp³-hybridized carbons (Fsp3) is 0.385. The van der Waals surface area contributed by atoms with Crippen molar-refractivity contribution >= 4 is 0 Å². The topological polar surface area (TPSA) is 71.2 Å². The number of hydrogen-bond acceptors (Lipinski definition) is 5. The van der Waals surface area contributed by atoms with Crippen molar-refractivity contribution in [3.63, 3.8) is 0 Å². The molecule has 0 radical (unpaired) electrons. The lowest BCUT2D eigenvalue weighted by atomic mass is 9.98. The molecule has 2 N–H and O–H groups in total. The Morgan fingerprint density at radius 1 is 1.39 bits per heavy atom. The molecule has 1 aliphatic heterocycles. The van der Waals surface area contributed by atoms with E-state index in [1.165, 1.54) is 0 Å². The minimum Gasteiger partial charge on any atom is -0.508 e. The molecule has 94 valence electrons. The van der Waals surface area contributed by atoms with Crippen molar-refractivity contribution in [2.24, 2.45) is 5.92 Å². The lowest BCUT2D eigenvalue weighted by Crippen LogP contribution is -2.08. The molecule has 3 rings (SSSR count). The van der Waals surface area contributed by atoms with E-state index in [0.29, 0.717) is 17.6 Å². The maximum atomic E-state index is 9.44. The Kier molecular flexibility index (Phi) is 2.76. The average Bonchev–Trinajstić information content (AvgIpc) is 2.97. The lowest BCUT2D eigenvalue weighted by Gasteiger charge is -2.07. The summed E-state index contributed by atoms with van der Waals surface area (Å²) >= 11 is 0. The van der Waals surface area contributed by atoms with E-state index in [0.717, 1.165) is 18.7 Å². The lowest BCUT2D eigenvalue weighted by molar-refractivity contribution is 0.340. The Morgan fingerprint density at radius 3 is 3.00 bits per heavy atom. The minimum atomic E-state index is 0.203. The molecule has 2 heterocycles. The Labute approximate surface area is 105 Å². The van der Waals surface area contributed by atoms with Crippen molar-refractivity contribution in [1.82, 2.24) is 15.5 Å². The summed E-state index contributed by atoms with van der Waals surface area (Å²) in [7, 11) is 0. The Bertz CT molecular complexity index is 553. The summed E-state index contributed by atoms with van der Waals surface area (Å²) < 4.78 is 5.33. The van der Waals surface area contributed by atoms with E-state index in [1.54, 1.807) is 18.2 Å². The van der Waals surface area contributed by atoms with Crippen LogP contribution in [0.25, 0.3) is 11.4 Å². The van der Waals surface area contributed by atoms with Crippen molar-refractivity contribution in [2.45, 2.75) is 12.8 Å². The highest BCUT2D eigenvalue weighted by atomic mass is 16.5. The van der Waals surface area contributed by atoms with Crippen LogP contribution in [0.3, 0.4) is 0 Å². The summed E-state index contributed by atoms with van der Waals surface area (Å²) in [6, 6.07) is 6.86. The summed E-state index contributed by atoms with van der Waals surface area (Å²) in [5.41, 5.74) is 0.767. The van der Waals surface area contributed by atoms with E-state index in [2.05, 4.69) is 22.4 Å². The van der Waals surface area contributed by atoms with Gasteiger partial charge in [-0.15, -0.1) is 0 Å². The van der Waals surface area contributed by atoms with Crippen LogP contribution in [0.15, 0.2) is 28.8 Å². The van der Waals surface area contributed by atoms with E-state index in [1.807, 2.05) is 6.07 Å². The molecule has 1 aromatic carbocycles. The second-order valence-electron chi connectivity index (χ2n) is 4.75. The summed E-state index contributed by atoms with van der Waals surface area (Å²) in [6.07, 6.45) is 0. The van der Waals surface area contributed by atoms with Crippen LogP contribution >= 0.6 is 0 Å². The summed E-state index contributed by atoms with van der Waals surface area (Å²) in [5, 5.41) is 16.7. The van der Waals surface area contributed by atoms with Gasteiger partial charge in [0.05, 0.1) is 5.92 Å². The number of hydrogen-bond donors (Lipinski definition) is 2. The van der Waals surface area contributed by atoms with Crippen LogP contribution in [0.5, 0.6) is 5.75 Å². The highest BCUT2D eigenvalue weighted by Crippen LogP contribution is 2.28. The zero-order chi connectivity index (χ0) is 12.5. The molecule has 1 saturated heterocycles. The average molecular weight is 245 g/mol. The van der Waals surface area contributed by atoms with Gasteiger partial charge in [0.25, 0.3) is 0 Å². The number of aromatic nitrogens is 2. The molecule has 5 heteroatoms. The van der Waals surface area contributed by atoms with Gasteiger partial charge in [-0.1, -0.05) is 24.2 Å². The number of nitrogens with zero attached hydrogens (tertiary/aromatic N) is 2. The third-order valence-electron chi connectivity index (χ3n) is 3.38. The van der Waals surface area contributed by atoms with Gasteiger partial charge in [0.15, 0.2) is 0 Å². The molecular formula is C13H15N3O2. The van der Waals surface area contributed by atoms with Crippen molar-refractivity contribution < 1.29 is 9.63 Å². The molecule has 0 bridgehead atoms. The Morgan fingerprint density at radius 2 is 2.28 bits per heavy atom. The largest absolute Gasteiger partial charge is 0.508 e. The second kappa shape index (κ2) is 4.42. The summed E-state index contributed by atoms with van der Waals surface area (Å²) in [6.45, 7) is 4.03. The van der Waals surface area contributed by atoms with Gasteiger partial charge < -0.3 is 14.9 Å². The normalized spacial score (nSPS) is 23.4. The first-order chi connectivity index (χ1) is 8.74. The third kappa shape index (κ3) is 1.97. The summed E-state index contributed by atoms with van der Waals surface area (Å²) in [5.74, 6) is 2.19. The second-order valence-corrected chi connectivity index (χ2v) is 4.75. The monoisotopic (exact) mass is 245 g/mol. The Balaban J connectivity index is 1.89. The van der Waals surface area contributed by atoms with Crippen molar-refractivity contribution in [3.8, 4) is 17.1 Å². The summed E-state index contributed by atoms with van der Waals surface area (Å²) in [4.78, 5) is 4.43. The zero-order valence-electron chi connectivity index (χ0n) is 10.1. The van der Waals surface area contributed by atoms with Crippen molar-refractivity contribution in [3.05, 3.63) is 30.2 Å². The van der Waals surface area contributed by atoms with Crippen LogP contribution in [-0.2, 0) is 0 Å². The number of aromatic hydroxyl groups is 1. The molecule has 1 aliphatic rings. The molecule has 5 nitrogen and oxygen atoms in total. The van der Waals surface area contributed by atoms with Crippen LogP contribution in [0.4, 0.5) is 0 Å². The van der Waals surface area contributed by atoms with Crippen LogP contribution in [0.1, 0.15) is 18.7 Å². The SMILES string of the molecule is C[C@@H]1CNC[C@H]1c1nc(-c2cccc(O)c2)no1. The molecule has 1 fully saturated rings. The highest BCUT2D eigenvalue weighted by Gasteiger charge is 2.29. The van der Waals surface area contributed by atoms with E-state index in [-0.39, 0.29) is 11.7 Å². The van der Waals surface area contributed by atoms with Crippen LogP contribution in [-0.4, -0.2) is 28.3 Å². The smallest absolute Gasteiger partial charge is 0.231 e. The van der Waals surface area contributed by atoms with E-state index >= 15 is 0 Å². The maximum absolute atomic E-state index is 9.44. The number of rotatable bonds is 2. The molecule has 2 aromatic rings. The molecule has 0 aliphatic carbocycles. The van der Waals surface area contributed by atoms with Crippen LogP contribution < -0.4 is 5.32 Å². The predicted octanol–water partition coefficient (Wildman–Crippen LogP) is 1.77. The van der Waals surface area contributed by atoms with Gasteiger partial charge in [-0.3, -0.25) is 0 Å². The quantitative estimate of drug-likeness (QED) is 0.843. The Hall–Kier alpha value is -1.88. The molecule has 0 amide bonds. The van der Waals surface area contributed by atoms with Gasteiger partial charge in [0, 0.05) is 12.1 Å². The van der Waals surface area contributed by atoms with Gasteiger partial charge in [0.1, 0.15) is 5.75 Å². The molecule has 0 unspecified atom stereocenters. The first-order valence-electron chi connectivity index (χ1n) is 6.08. The zero-order valence-corrected chi connectivity index (χ0v) is 10.1. The molecular weight excluding hydrogens is 230 g/mol. The molecule has 18 heavy (non-hydrogen) atoms. The minimum absolute atomic E-state index is 0.203. The molecule has 1 aromatic heterocycles. The predicted molar refractivity (Wildman–Crippen MR) is 66.2 cm³/mol. The first-order valence-corrected chi connectivity index (χ1v) is 6.08. The molecule has 2 atom stereocenters. The van der Waals surface area contributed by atoms with E-state index < -0.39 is 0 Å². The maximum Gasteiger partial charge on any atom is 0.231 e. The first kappa shape index (κ1) is 11.2. The van der Waals surface area contributed by atoms with Crippen molar-refractivity contribution in [2.75, 3.05) is 13.1 Å². The fourth-order valence-corrected chi connectivity index (χ4v) is 2.29. The van der Waals surface area contributed by atoms with E-state index in [4.69, 9.17) is 4.52 Å². The number of nitrogens with one attached hydrogen (secondary N) is 1. The highest BCUT2D eigenvalue weighted by molar-refractivity contribution is 5.56. The van der Waals surface area contributed by atoms with Gasteiger partial charge in [-0.2, -0.15) is 4.98 Å². The van der Waals surface area contributed by atoms with Gasteiger partial charge in [-0.05, 0) is 24.6 Å². The van der Waals surface area contributed by atoms with Gasteiger partial charge >= 0.3 is 0 Å². The van der Waals surface area contributed by atoms with Crippen molar-refractivity contribution in [1.29, 1.82) is 0 Å². The number of phenolic OH excluding ortho intramolecular Hbond substituents is 1.